The van der Waals surface area contributed by atoms with Crippen molar-refractivity contribution in [1.82, 2.24) is 4.90 Å². The highest BCUT2D eigenvalue weighted by Crippen LogP contribution is 2.30. The normalized spacial score (nSPS) is 38.5. The Kier molecular flexibility index (Phi) is 2.63. The predicted molar refractivity (Wildman–Crippen MR) is 52.6 cm³/mol. The largest absolute Gasteiger partial charge is 0.392 e. The maximum atomic E-state index is 9.49. The van der Waals surface area contributed by atoms with Crippen LogP contribution in [0.2, 0.25) is 0 Å². The van der Waals surface area contributed by atoms with E-state index in [0.29, 0.717) is 5.25 Å². The van der Waals surface area contributed by atoms with Crippen molar-refractivity contribution in [3.05, 3.63) is 0 Å². The zero-order valence-corrected chi connectivity index (χ0v) is 8.21. The van der Waals surface area contributed by atoms with Gasteiger partial charge in [0, 0.05) is 24.9 Å². The van der Waals surface area contributed by atoms with Gasteiger partial charge >= 0.3 is 0 Å². The summed E-state index contributed by atoms with van der Waals surface area (Å²) in [4.78, 5) is 2.36. The fourth-order valence-electron chi connectivity index (χ4n) is 1.95. The maximum Gasteiger partial charge on any atom is 0.0678 e. The molecular formula is C9H17NOS. The van der Waals surface area contributed by atoms with Gasteiger partial charge in [-0.3, -0.25) is 4.90 Å². The fourth-order valence-corrected chi connectivity index (χ4v) is 2.42. The first-order valence-electron chi connectivity index (χ1n) is 4.82. The molecule has 2 nitrogen and oxygen atoms in total. The second kappa shape index (κ2) is 3.56. The van der Waals surface area contributed by atoms with Crippen LogP contribution in [0.25, 0.3) is 0 Å². The Balaban J connectivity index is 1.79. The molecule has 0 aromatic heterocycles. The molecule has 0 radical (unpaired) electrons. The number of aliphatic hydroxyl groups is 1. The Morgan fingerprint density at radius 2 is 2.08 bits per heavy atom. The van der Waals surface area contributed by atoms with Gasteiger partial charge in [-0.15, -0.1) is 0 Å². The van der Waals surface area contributed by atoms with E-state index in [1.54, 1.807) is 0 Å². The monoisotopic (exact) mass is 187 g/mol. The first kappa shape index (κ1) is 8.85. The third kappa shape index (κ3) is 2.38. The van der Waals surface area contributed by atoms with Crippen LogP contribution in [0.5, 0.6) is 0 Å². The Labute approximate surface area is 79.4 Å². The second-order valence-electron chi connectivity index (χ2n) is 4.21. The number of nitrogens with zero attached hydrogens (tertiary/aromatic N) is 1. The molecule has 1 heterocycles. The lowest BCUT2D eigenvalue weighted by molar-refractivity contribution is 0.0720. The minimum absolute atomic E-state index is 0.139. The molecule has 1 saturated carbocycles. The van der Waals surface area contributed by atoms with Gasteiger partial charge in [-0.1, -0.05) is 0 Å². The molecule has 0 bridgehead atoms. The van der Waals surface area contributed by atoms with Crippen molar-refractivity contribution in [2.45, 2.75) is 30.6 Å². The minimum atomic E-state index is -0.139. The van der Waals surface area contributed by atoms with E-state index in [4.69, 9.17) is 0 Å². The molecule has 2 rings (SSSR count). The van der Waals surface area contributed by atoms with Crippen LogP contribution in [0.1, 0.15) is 19.3 Å². The molecule has 1 saturated heterocycles. The molecule has 2 fully saturated rings. The van der Waals surface area contributed by atoms with Crippen LogP contribution < -0.4 is 0 Å². The number of likely N-dealkylation sites (tertiary alicyclic amines) is 1. The van der Waals surface area contributed by atoms with Crippen LogP contribution in [0.3, 0.4) is 0 Å². The Morgan fingerprint density at radius 1 is 1.33 bits per heavy atom. The smallest absolute Gasteiger partial charge is 0.0678 e. The van der Waals surface area contributed by atoms with Gasteiger partial charge in [0.2, 0.25) is 0 Å². The van der Waals surface area contributed by atoms with E-state index >= 15 is 0 Å². The van der Waals surface area contributed by atoms with Crippen molar-refractivity contribution in [2.75, 3.05) is 19.6 Å². The summed E-state index contributed by atoms with van der Waals surface area (Å²) in [6.45, 7) is 3.12. The van der Waals surface area contributed by atoms with Gasteiger partial charge in [0.05, 0.1) is 6.10 Å². The van der Waals surface area contributed by atoms with Crippen molar-refractivity contribution in [3.63, 3.8) is 0 Å². The number of hydrogen-bond acceptors (Lipinski definition) is 3. The zero-order valence-electron chi connectivity index (χ0n) is 7.32. The summed E-state index contributed by atoms with van der Waals surface area (Å²) in [5.41, 5.74) is 0. The third-order valence-corrected chi connectivity index (χ3v) is 3.07. The Hall–Kier alpha value is 0.270. The first-order valence-corrected chi connectivity index (χ1v) is 5.34. The standard InChI is InChI=1S/C9H17NOS/c11-8-3-9(12)6-10(5-8)4-7-1-2-7/h7-9,11-12H,1-6H2/t8-,9-/m1/s1. The molecule has 12 heavy (non-hydrogen) atoms. The third-order valence-electron chi connectivity index (χ3n) is 2.70. The number of β-amino-alcohol motifs (C(OH)–C–C–N with tert-alkyl or cyclic N) is 1. The van der Waals surface area contributed by atoms with Gasteiger partial charge in [-0.2, -0.15) is 12.6 Å². The quantitative estimate of drug-likeness (QED) is 0.624. The van der Waals surface area contributed by atoms with Gasteiger partial charge in [-0.05, 0) is 25.2 Å². The van der Waals surface area contributed by atoms with Crippen molar-refractivity contribution in [1.29, 1.82) is 0 Å². The van der Waals surface area contributed by atoms with E-state index in [-0.39, 0.29) is 6.10 Å². The lowest BCUT2D eigenvalue weighted by Gasteiger charge is -2.33. The lowest BCUT2D eigenvalue weighted by Crippen LogP contribution is -2.44. The highest BCUT2D eigenvalue weighted by Gasteiger charge is 2.29. The van der Waals surface area contributed by atoms with Crippen molar-refractivity contribution in [3.8, 4) is 0 Å². The average Bonchev–Trinajstić information content (AvgIpc) is 2.68. The lowest BCUT2D eigenvalue weighted by atomic mass is 10.1. The summed E-state index contributed by atoms with van der Waals surface area (Å²) < 4.78 is 0. The van der Waals surface area contributed by atoms with Crippen LogP contribution in [0.15, 0.2) is 0 Å². The summed E-state index contributed by atoms with van der Waals surface area (Å²) in [5, 5.41) is 9.87. The van der Waals surface area contributed by atoms with Gasteiger partial charge in [0.15, 0.2) is 0 Å². The van der Waals surface area contributed by atoms with Crippen molar-refractivity contribution < 1.29 is 5.11 Å². The molecule has 0 aromatic carbocycles. The van der Waals surface area contributed by atoms with Crippen LogP contribution >= 0.6 is 12.6 Å². The van der Waals surface area contributed by atoms with Gasteiger partial charge in [0.1, 0.15) is 0 Å². The molecule has 70 valence electrons. The SMILES string of the molecule is O[C@@H]1C[C@@H](S)CN(CC2CC2)C1. The fraction of sp³-hybridized carbons (Fsp3) is 1.00. The van der Waals surface area contributed by atoms with E-state index in [0.717, 1.165) is 25.4 Å². The molecule has 0 spiro atoms. The van der Waals surface area contributed by atoms with E-state index in [2.05, 4.69) is 17.5 Å². The highest BCUT2D eigenvalue weighted by molar-refractivity contribution is 7.81. The summed E-state index contributed by atoms with van der Waals surface area (Å²) in [6.07, 6.45) is 3.51. The maximum absolute atomic E-state index is 9.49. The van der Waals surface area contributed by atoms with Crippen LogP contribution in [-0.4, -0.2) is 41.0 Å². The number of piperidine rings is 1. The molecule has 0 unspecified atom stereocenters. The minimum Gasteiger partial charge on any atom is -0.392 e. The summed E-state index contributed by atoms with van der Waals surface area (Å²) >= 11 is 4.42. The van der Waals surface area contributed by atoms with E-state index in [9.17, 15) is 5.11 Å². The summed E-state index contributed by atoms with van der Waals surface area (Å²) in [6, 6.07) is 0. The van der Waals surface area contributed by atoms with E-state index in [1.807, 2.05) is 0 Å². The second-order valence-corrected chi connectivity index (χ2v) is 4.94. The molecular weight excluding hydrogens is 170 g/mol. The molecule has 2 aliphatic rings. The summed E-state index contributed by atoms with van der Waals surface area (Å²) in [5.74, 6) is 0.927. The zero-order chi connectivity index (χ0) is 8.55. The van der Waals surface area contributed by atoms with Crippen molar-refractivity contribution in [2.24, 2.45) is 5.92 Å². The van der Waals surface area contributed by atoms with Crippen LogP contribution in [0.4, 0.5) is 0 Å². The van der Waals surface area contributed by atoms with Crippen LogP contribution in [0, 0.1) is 5.92 Å². The first-order chi connectivity index (χ1) is 5.74. The molecule has 1 aliphatic carbocycles. The topological polar surface area (TPSA) is 23.5 Å². The number of rotatable bonds is 2. The Morgan fingerprint density at radius 3 is 2.67 bits per heavy atom. The van der Waals surface area contributed by atoms with E-state index in [1.165, 1.54) is 19.4 Å². The van der Waals surface area contributed by atoms with Gasteiger partial charge in [0.25, 0.3) is 0 Å². The van der Waals surface area contributed by atoms with Gasteiger partial charge in [-0.25, -0.2) is 0 Å². The Bertz CT molecular complexity index is 148. The number of thiol groups is 1. The number of aliphatic hydroxyl groups excluding tert-OH is 1. The highest BCUT2D eigenvalue weighted by atomic mass is 32.1. The molecule has 0 amide bonds. The molecule has 3 heteroatoms. The van der Waals surface area contributed by atoms with Gasteiger partial charge < -0.3 is 5.11 Å². The van der Waals surface area contributed by atoms with Crippen LogP contribution in [-0.2, 0) is 0 Å². The molecule has 1 N–H and O–H groups in total. The number of hydrogen-bond donors (Lipinski definition) is 2. The van der Waals surface area contributed by atoms with E-state index < -0.39 is 0 Å². The predicted octanol–water partition coefficient (Wildman–Crippen LogP) is 0.761. The molecule has 1 aliphatic heterocycles. The summed E-state index contributed by atoms with van der Waals surface area (Å²) in [7, 11) is 0. The molecule has 0 aromatic rings. The van der Waals surface area contributed by atoms with Crippen molar-refractivity contribution >= 4 is 12.6 Å². The average molecular weight is 187 g/mol. The molecule has 2 atom stereocenters.